The van der Waals surface area contributed by atoms with Crippen LogP contribution < -0.4 is 0 Å². The van der Waals surface area contributed by atoms with Crippen LogP contribution >= 0.6 is 0 Å². The van der Waals surface area contributed by atoms with Gasteiger partial charge in [0.05, 0.1) is 5.69 Å². The first-order chi connectivity index (χ1) is 9.72. The number of hydrogen-bond acceptors (Lipinski definition) is 1. The number of H-pyrrole nitrogens is 1. The molecule has 0 aliphatic carbocycles. The Morgan fingerprint density at radius 2 is 1.60 bits per heavy atom. The summed E-state index contributed by atoms with van der Waals surface area (Å²) in [6.07, 6.45) is 0.841. The van der Waals surface area contributed by atoms with Gasteiger partial charge in [-0.25, -0.2) is 4.98 Å². The number of aromatic amines is 1. The van der Waals surface area contributed by atoms with Gasteiger partial charge < -0.3 is 4.98 Å². The molecule has 0 spiro atoms. The van der Waals surface area contributed by atoms with Gasteiger partial charge in [-0.05, 0) is 19.4 Å². The standard InChI is InChI=1S/C18H18N2/c1-13-8-10-16(11-9-13)18-14(2)19-17(20-18)12-15-6-4-3-5-7-15/h3-11H,12H2,1-2H3,(H,19,20). The van der Waals surface area contributed by atoms with Gasteiger partial charge in [0, 0.05) is 17.7 Å². The van der Waals surface area contributed by atoms with Crippen molar-refractivity contribution < 1.29 is 0 Å². The van der Waals surface area contributed by atoms with Crippen molar-refractivity contribution >= 4 is 0 Å². The second-order valence-electron chi connectivity index (χ2n) is 5.19. The monoisotopic (exact) mass is 262 g/mol. The molecule has 2 heteroatoms. The summed E-state index contributed by atoms with van der Waals surface area (Å²) in [6, 6.07) is 18.9. The number of nitrogens with one attached hydrogen (secondary N) is 1. The number of benzene rings is 2. The number of hydrogen-bond donors (Lipinski definition) is 1. The molecular formula is C18H18N2. The molecule has 0 unspecified atom stereocenters. The first kappa shape index (κ1) is 12.7. The second kappa shape index (κ2) is 5.33. The largest absolute Gasteiger partial charge is 0.345 e. The van der Waals surface area contributed by atoms with Crippen LogP contribution in [-0.4, -0.2) is 9.97 Å². The van der Waals surface area contributed by atoms with E-state index < -0.39 is 0 Å². The fraction of sp³-hybridized carbons (Fsp3) is 0.167. The van der Waals surface area contributed by atoms with Crippen LogP contribution in [0, 0.1) is 13.8 Å². The lowest BCUT2D eigenvalue weighted by Gasteiger charge is -1.99. The highest BCUT2D eigenvalue weighted by Crippen LogP contribution is 2.22. The van der Waals surface area contributed by atoms with Crippen molar-refractivity contribution in [2.24, 2.45) is 0 Å². The third-order valence-corrected chi connectivity index (χ3v) is 3.47. The van der Waals surface area contributed by atoms with Crippen molar-refractivity contribution in [2.45, 2.75) is 20.3 Å². The van der Waals surface area contributed by atoms with E-state index >= 15 is 0 Å². The quantitative estimate of drug-likeness (QED) is 0.749. The number of nitrogens with zero attached hydrogens (tertiary/aromatic N) is 1. The highest BCUT2D eigenvalue weighted by molar-refractivity contribution is 5.62. The second-order valence-corrected chi connectivity index (χ2v) is 5.19. The Labute approximate surface area is 119 Å². The van der Waals surface area contributed by atoms with E-state index in [0.29, 0.717) is 0 Å². The maximum absolute atomic E-state index is 4.75. The van der Waals surface area contributed by atoms with Crippen LogP contribution in [0.4, 0.5) is 0 Å². The van der Waals surface area contributed by atoms with Crippen LogP contribution in [0.3, 0.4) is 0 Å². The van der Waals surface area contributed by atoms with Crippen molar-refractivity contribution in [3.63, 3.8) is 0 Å². The summed E-state index contributed by atoms with van der Waals surface area (Å²) in [7, 11) is 0. The Morgan fingerprint density at radius 3 is 2.30 bits per heavy atom. The topological polar surface area (TPSA) is 28.7 Å². The first-order valence-corrected chi connectivity index (χ1v) is 6.89. The highest BCUT2D eigenvalue weighted by atomic mass is 14.9. The Balaban J connectivity index is 1.89. The zero-order valence-electron chi connectivity index (χ0n) is 11.9. The minimum atomic E-state index is 0.841. The molecule has 20 heavy (non-hydrogen) atoms. The molecule has 0 aliphatic rings. The van der Waals surface area contributed by atoms with Crippen LogP contribution in [0.2, 0.25) is 0 Å². The van der Waals surface area contributed by atoms with Gasteiger partial charge in [-0.2, -0.15) is 0 Å². The van der Waals surface area contributed by atoms with Crippen molar-refractivity contribution in [3.05, 3.63) is 77.2 Å². The Kier molecular flexibility index (Phi) is 3.38. The highest BCUT2D eigenvalue weighted by Gasteiger charge is 2.09. The third kappa shape index (κ3) is 2.64. The molecule has 0 amide bonds. The van der Waals surface area contributed by atoms with Crippen LogP contribution in [-0.2, 0) is 6.42 Å². The van der Waals surface area contributed by atoms with Gasteiger partial charge in [-0.1, -0.05) is 60.2 Å². The van der Waals surface area contributed by atoms with Gasteiger partial charge in [0.15, 0.2) is 0 Å². The molecule has 0 fully saturated rings. The van der Waals surface area contributed by atoms with E-state index in [-0.39, 0.29) is 0 Å². The number of aromatic nitrogens is 2. The summed E-state index contributed by atoms with van der Waals surface area (Å²) in [6.45, 7) is 4.18. The lowest BCUT2D eigenvalue weighted by atomic mass is 10.1. The lowest BCUT2D eigenvalue weighted by molar-refractivity contribution is 1.02. The van der Waals surface area contributed by atoms with E-state index in [1.807, 2.05) is 6.07 Å². The molecule has 1 aromatic heterocycles. The molecule has 0 saturated heterocycles. The zero-order chi connectivity index (χ0) is 13.9. The van der Waals surface area contributed by atoms with Gasteiger partial charge in [0.25, 0.3) is 0 Å². The molecule has 100 valence electrons. The lowest BCUT2D eigenvalue weighted by Crippen LogP contribution is -1.90. The molecular weight excluding hydrogens is 244 g/mol. The molecule has 0 aliphatic heterocycles. The summed E-state index contributed by atoms with van der Waals surface area (Å²) in [5.74, 6) is 1.02. The molecule has 0 bridgehead atoms. The maximum Gasteiger partial charge on any atom is 0.111 e. The van der Waals surface area contributed by atoms with Crippen molar-refractivity contribution in [1.82, 2.24) is 9.97 Å². The summed E-state index contributed by atoms with van der Waals surface area (Å²) in [5, 5.41) is 0. The molecule has 3 rings (SSSR count). The van der Waals surface area contributed by atoms with E-state index in [2.05, 4.69) is 67.4 Å². The van der Waals surface area contributed by atoms with E-state index in [9.17, 15) is 0 Å². The van der Waals surface area contributed by atoms with Gasteiger partial charge in [0.2, 0.25) is 0 Å². The Bertz CT molecular complexity index is 694. The van der Waals surface area contributed by atoms with Crippen LogP contribution in [0.1, 0.15) is 22.6 Å². The third-order valence-electron chi connectivity index (χ3n) is 3.47. The van der Waals surface area contributed by atoms with Gasteiger partial charge in [0.1, 0.15) is 5.82 Å². The molecule has 1 heterocycles. The summed E-state index contributed by atoms with van der Waals surface area (Å²) >= 11 is 0. The number of rotatable bonds is 3. The molecule has 2 aromatic carbocycles. The van der Waals surface area contributed by atoms with E-state index in [0.717, 1.165) is 23.6 Å². The SMILES string of the molecule is Cc1ccc(-c2nc(Cc3ccccc3)[nH]c2C)cc1. The number of aryl methyl sites for hydroxylation is 2. The zero-order valence-corrected chi connectivity index (χ0v) is 11.9. The molecule has 2 nitrogen and oxygen atoms in total. The molecule has 0 atom stereocenters. The van der Waals surface area contributed by atoms with Crippen LogP contribution in [0.15, 0.2) is 54.6 Å². The van der Waals surface area contributed by atoms with Crippen LogP contribution in [0.25, 0.3) is 11.3 Å². The van der Waals surface area contributed by atoms with E-state index in [1.165, 1.54) is 16.7 Å². The minimum absolute atomic E-state index is 0.841. The maximum atomic E-state index is 4.75. The first-order valence-electron chi connectivity index (χ1n) is 6.89. The molecule has 0 radical (unpaired) electrons. The fourth-order valence-corrected chi connectivity index (χ4v) is 2.39. The minimum Gasteiger partial charge on any atom is -0.345 e. The van der Waals surface area contributed by atoms with Crippen molar-refractivity contribution in [3.8, 4) is 11.3 Å². The average molecular weight is 262 g/mol. The van der Waals surface area contributed by atoms with Gasteiger partial charge in [-0.15, -0.1) is 0 Å². The van der Waals surface area contributed by atoms with E-state index in [1.54, 1.807) is 0 Å². The summed E-state index contributed by atoms with van der Waals surface area (Å²) < 4.78 is 0. The fourth-order valence-electron chi connectivity index (χ4n) is 2.39. The van der Waals surface area contributed by atoms with Gasteiger partial charge >= 0.3 is 0 Å². The smallest absolute Gasteiger partial charge is 0.111 e. The van der Waals surface area contributed by atoms with E-state index in [4.69, 9.17) is 4.98 Å². The number of imidazole rings is 1. The van der Waals surface area contributed by atoms with Crippen LogP contribution in [0.5, 0.6) is 0 Å². The average Bonchev–Trinajstić information content (AvgIpc) is 2.81. The van der Waals surface area contributed by atoms with Crippen molar-refractivity contribution in [2.75, 3.05) is 0 Å². The predicted octanol–water partition coefficient (Wildman–Crippen LogP) is 4.28. The molecule has 1 N–H and O–H groups in total. The van der Waals surface area contributed by atoms with Gasteiger partial charge in [-0.3, -0.25) is 0 Å². The molecule has 3 aromatic rings. The summed E-state index contributed by atoms with van der Waals surface area (Å²) in [5.41, 5.74) is 5.89. The Hall–Kier alpha value is -2.35. The summed E-state index contributed by atoms with van der Waals surface area (Å²) in [4.78, 5) is 8.14. The van der Waals surface area contributed by atoms with Crippen molar-refractivity contribution in [1.29, 1.82) is 0 Å². The predicted molar refractivity (Wildman–Crippen MR) is 82.7 cm³/mol. The normalized spacial score (nSPS) is 10.7. The Morgan fingerprint density at radius 1 is 0.900 bits per heavy atom. The molecule has 0 saturated carbocycles.